The summed E-state index contributed by atoms with van der Waals surface area (Å²) < 4.78 is 4.66. The predicted octanol–water partition coefficient (Wildman–Crippen LogP) is 1.42. The van der Waals surface area contributed by atoms with Gasteiger partial charge in [0.05, 0.1) is 13.7 Å². The van der Waals surface area contributed by atoms with Gasteiger partial charge in [-0.3, -0.25) is 9.69 Å². The van der Waals surface area contributed by atoms with E-state index in [1.165, 1.54) is 32.8 Å². The van der Waals surface area contributed by atoms with Gasteiger partial charge >= 0.3 is 5.97 Å². The van der Waals surface area contributed by atoms with Crippen LogP contribution in [0.4, 0.5) is 0 Å². The van der Waals surface area contributed by atoms with Crippen molar-refractivity contribution in [3.63, 3.8) is 0 Å². The van der Waals surface area contributed by atoms with Crippen molar-refractivity contribution in [1.82, 2.24) is 4.90 Å². The average Bonchev–Trinajstić information content (AvgIpc) is 2.66. The molecule has 0 bridgehead atoms. The number of rotatable bonds is 4. The van der Waals surface area contributed by atoms with Gasteiger partial charge in [0.15, 0.2) is 0 Å². The van der Waals surface area contributed by atoms with Crippen LogP contribution in [0, 0.1) is 0 Å². The summed E-state index contributed by atoms with van der Waals surface area (Å²) in [6.45, 7) is 3.50. The summed E-state index contributed by atoms with van der Waals surface area (Å²) in [5, 5.41) is 0. The molecule has 76 valence electrons. The minimum Gasteiger partial charge on any atom is -0.468 e. The van der Waals surface area contributed by atoms with Crippen LogP contribution in [0.5, 0.6) is 0 Å². The van der Waals surface area contributed by atoms with Crippen molar-refractivity contribution >= 4 is 5.97 Å². The lowest BCUT2D eigenvalue weighted by atomic mass is 10.2. The van der Waals surface area contributed by atoms with Crippen molar-refractivity contribution in [2.24, 2.45) is 0 Å². The molecule has 0 unspecified atom stereocenters. The van der Waals surface area contributed by atoms with Gasteiger partial charge in [-0.2, -0.15) is 0 Å². The molecule has 0 aromatic rings. The fraction of sp³-hybridized carbons (Fsp3) is 0.900. The van der Waals surface area contributed by atoms with Crippen LogP contribution in [0.1, 0.15) is 32.6 Å². The molecule has 1 fully saturated rings. The molecule has 0 N–H and O–H groups in total. The maximum atomic E-state index is 11.1. The van der Waals surface area contributed by atoms with Gasteiger partial charge in [0, 0.05) is 6.04 Å². The Labute approximate surface area is 80.1 Å². The van der Waals surface area contributed by atoms with Gasteiger partial charge in [0.1, 0.15) is 0 Å². The highest BCUT2D eigenvalue weighted by Crippen LogP contribution is 2.22. The Kier molecular flexibility index (Phi) is 4.22. The first kappa shape index (κ1) is 10.5. The molecular formula is C10H19NO2. The van der Waals surface area contributed by atoms with E-state index in [0.29, 0.717) is 12.6 Å². The number of carbonyl (C=O) groups is 1. The molecule has 0 aromatic carbocycles. The van der Waals surface area contributed by atoms with Crippen LogP contribution in [0.2, 0.25) is 0 Å². The van der Waals surface area contributed by atoms with Crippen molar-refractivity contribution in [2.45, 2.75) is 38.6 Å². The van der Waals surface area contributed by atoms with Crippen molar-refractivity contribution in [3.8, 4) is 0 Å². The fourth-order valence-corrected chi connectivity index (χ4v) is 2.00. The molecule has 0 radical (unpaired) electrons. The Morgan fingerprint density at radius 1 is 1.46 bits per heavy atom. The first-order chi connectivity index (χ1) is 6.27. The quantitative estimate of drug-likeness (QED) is 0.620. The molecule has 0 spiro atoms. The van der Waals surface area contributed by atoms with Crippen molar-refractivity contribution < 1.29 is 9.53 Å². The topological polar surface area (TPSA) is 29.5 Å². The second-order valence-corrected chi connectivity index (χ2v) is 3.58. The SMILES string of the molecule is CCN(CC(=O)OC)C1CCCC1. The lowest BCUT2D eigenvalue weighted by Gasteiger charge is -2.25. The zero-order chi connectivity index (χ0) is 9.68. The largest absolute Gasteiger partial charge is 0.468 e. The van der Waals surface area contributed by atoms with Crippen LogP contribution >= 0.6 is 0 Å². The molecule has 13 heavy (non-hydrogen) atoms. The Hall–Kier alpha value is -0.570. The third-order valence-corrected chi connectivity index (χ3v) is 2.81. The third-order valence-electron chi connectivity index (χ3n) is 2.81. The Balaban J connectivity index is 2.37. The van der Waals surface area contributed by atoms with Crippen LogP contribution in [0.25, 0.3) is 0 Å². The Bertz CT molecular complexity index is 164. The molecule has 1 aliphatic rings. The highest BCUT2D eigenvalue weighted by atomic mass is 16.5. The lowest BCUT2D eigenvalue weighted by molar-refractivity contribution is -0.142. The smallest absolute Gasteiger partial charge is 0.319 e. The minimum absolute atomic E-state index is 0.117. The molecule has 0 saturated heterocycles. The summed E-state index contributed by atoms with van der Waals surface area (Å²) in [4.78, 5) is 13.3. The van der Waals surface area contributed by atoms with Gasteiger partial charge in [0.2, 0.25) is 0 Å². The number of carbonyl (C=O) groups excluding carboxylic acids is 1. The summed E-state index contributed by atoms with van der Waals surface area (Å²) >= 11 is 0. The molecule has 0 heterocycles. The van der Waals surface area contributed by atoms with Gasteiger partial charge in [-0.1, -0.05) is 19.8 Å². The molecule has 1 aliphatic carbocycles. The van der Waals surface area contributed by atoms with Gasteiger partial charge < -0.3 is 4.74 Å². The first-order valence-corrected chi connectivity index (χ1v) is 5.08. The Morgan fingerprint density at radius 2 is 2.08 bits per heavy atom. The summed E-state index contributed by atoms with van der Waals surface area (Å²) in [5.41, 5.74) is 0. The second kappa shape index (κ2) is 5.22. The van der Waals surface area contributed by atoms with Crippen LogP contribution in [-0.4, -0.2) is 37.1 Å². The van der Waals surface area contributed by atoms with E-state index in [4.69, 9.17) is 0 Å². The second-order valence-electron chi connectivity index (χ2n) is 3.58. The maximum Gasteiger partial charge on any atom is 0.319 e. The first-order valence-electron chi connectivity index (χ1n) is 5.08. The molecule has 0 aliphatic heterocycles. The molecular weight excluding hydrogens is 166 g/mol. The van der Waals surface area contributed by atoms with Crippen molar-refractivity contribution in [1.29, 1.82) is 0 Å². The van der Waals surface area contributed by atoms with E-state index in [1.54, 1.807) is 0 Å². The van der Waals surface area contributed by atoms with E-state index in [9.17, 15) is 4.79 Å². The van der Waals surface area contributed by atoms with Crippen molar-refractivity contribution in [2.75, 3.05) is 20.2 Å². The van der Waals surface area contributed by atoms with E-state index in [1.807, 2.05) is 0 Å². The number of hydrogen-bond donors (Lipinski definition) is 0. The molecule has 1 rings (SSSR count). The number of nitrogens with zero attached hydrogens (tertiary/aromatic N) is 1. The Morgan fingerprint density at radius 3 is 2.54 bits per heavy atom. The van der Waals surface area contributed by atoms with Crippen LogP contribution in [0.3, 0.4) is 0 Å². The molecule has 3 heteroatoms. The molecule has 0 amide bonds. The van der Waals surface area contributed by atoms with Crippen LogP contribution < -0.4 is 0 Å². The van der Waals surface area contributed by atoms with Gasteiger partial charge in [-0.15, -0.1) is 0 Å². The number of ether oxygens (including phenoxy) is 1. The van der Waals surface area contributed by atoms with Crippen LogP contribution in [0.15, 0.2) is 0 Å². The molecule has 0 atom stereocenters. The molecule has 0 aromatic heterocycles. The third kappa shape index (κ3) is 2.99. The molecule has 1 saturated carbocycles. The highest BCUT2D eigenvalue weighted by Gasteiger charge is 2.22. The van der Waals surface area contributed by atoms with E-state index in [-0.39, 0.29) is 5.97 Å². The van der Waals surface area contributed by atoms with Crippen LogP contribution in [-0.2, 0) is 9.53 Å². The highest BCUT2D eigenvalue weighted by molar-refractivity contribution is 5.71. The zero-order valence-corrected chi connectivity index (χ0v) is 8.58. The van der Waals surface area contributed by atoms with E-state index >= 15 is 0 Å². The van der Waals surface area contributed by atoms with E-state index < -0.39 is 0 Å². The minimum atomic E-state index is -0.117. The average molecular weight is 185 g/mol. The summed E-state index contributed by atoms with van der Waals surface area (Å²) in [5.74, 6) is -0.117. The predicted molar refractivity (Wildman–Crippen MR) is 51.5 cm³/mol. The zero-order valence-electron chi connectivity index (χ0n) is 8.58. The number of likely N-dealkylation sites (N-methyl/N-ethyl adjacent to an activating group) is 1. The monoisotopic (exact) mass is 185 g/mol. The van der Waals surface area contributed by atoms with Crippen molar-refractivity contribution in [3.05, 3.63) is 0 Å². The number of esters is 1. The van der Waals surface area contributed by atoms with Gasteiger partial charge in [-0.05, 0) is 19.4 Å². The standard InChI is InChI=1S/C10H19NO2/c1-3-11(8-10(12)13-2)9-6-4-5-7-9/h9H,3-8H2,1-2H3. The van der Waals surface area contributed by atoms with E-state index in [2.05, 4.69) is 16.6 Å². The lowest BCUT2D eigenvalue weighted by Crippen LogP contribution is -2.37. The summed E-state index contributed by atoms with van der Waals surface area (Å²) in [6, 6.07) is 0.615. The molecule has 3 nitrogen and oxygen atoms in total. The van der Waals surface area contributed by atoms with Gasteiger partial charge in [-0.25, -0.2) is 0 Å². The maximum absolute atomic E-state index is 11.1. The summed E-state index contributed by atoms with van der Waals surface area (Å²) in [6.07, 6.45) is 5.10. The van der Waals surface area contributed by atoms with Gasteiger partial charge in [0.25, 0.3) is 0 Å². The number of methoxy groups -OCH3 is 1. The fourth-order valence-electron chi connectivity index (χ4n) is 2.00. The van der Waals surface area contributed by atoms with E-state index in [0.717, 1.165) is 6.54 Å². The normalized spacial score (nSPS) is 18.1. The summed E-state index contributed by atoms with van der Waals surface area (Å²) in [7, 11) is 1.45. The number of hydrogen-bond acceptors (Lipinski definition) is 3.